The highest BCUT2D eigenvalue weighted by molar-refractivity contribution is 5.85. The Balaban J connectivity index is 0.00000180. The lowest BCUT2D eigenvalue weighted by Gasteiger charge is -2.17. The van der Waals surface area contributed by atoms with Crippen molar-refractivity contribution in [2.24, 2.45) is 11.8 Å². The van der Waals surface area contributed by atoms with Gasteiger partial charge >= 0.3 is 0 Å². The molecule has 2 fully saturated rings. The molecule has 1 saturated heterocycles. The molecule has 0 bridgehead atoms. The van der Waals surface area contributed by atoms with Crippen LogP contribution in [-0.4, -0.2) is 37.5 Å². The van der Waals surface area contributed by atoms with Crippen molar-refractivity contribution in [2.45, 2.75) is 51.4 Å². The average molecular weight is 289 g/mol. The number of amides is 1. The van der Waals surface area contributed by atoms with Gasteiger partial charge in [-0.3, -0.25) is 4.79 Å². The normalized spacial score (nSPS) is 23.6. The second kappa shape index (κ2) is 8.80. The second-order valence-corrected chi connectivity index (χ2v) is 6.09. The number of likely N-dealkylation sites (tertiary alicyclic amines) is 1. The number of hydrogen-bond acceptors (Lipinski definition) is 2. The van der Waals surface area contributed by atoms with Crippen molar-refractivity contribution in [2.75, 3.05) is 26.7 Å². The van der Waals surface area contributed by atoms with Gasteiger partial charge in [-0.1, -0.05) is 25.7 Å². The zero-order valence-corrected chi connectivity index (χ0v) is 13.0. The fourth-order valence-electron chi connectivity index (χ4n) is 3.51. The summed E-state index contributed by atoms with van der Waals surface area (Å²) in [5, 5.41) is 3.21. The molecule has 1 aliphatic heterocycles. The number of rotatable bonds is 6. The van der Waals surface area contributed by atoms with Crippen LogP contribution >= 0.6 is 12.4 Å². The van der Waals surface area contributed by atoms with Crippen LogP contribution in [0.5, 0.6) is 0 Å². The van der Waals surface area contributed by atoms with E-state index in [-0.39, 0.29) is 12.4 Å². The Morgan fingerprint density at radius 1 is 1.21 bits per heavy atom. The zero-order valence-electron chi connectivity index (χ0n) is 12.2. The lowest BCUT2D eigenvalue weighted by atomic mass is 10.0. The van der Waals surface area contributed by atoms with E-state index in [0.29, 0.717) is 11.8 Å². The Hall–Kier alpha value is -0.280. The maximum Gasteiger partial charge on any atom is 0.222 e. The quantitative estimate of drug-likeness (QED) is 0.815. The SMILES string of the molecule is CNCC1CCN(C(=O)CCCC2CCCC2)C1.Cl. The van der Waals surface area contributed by atoms with Gasteiger partial charge in [-0.15, -0.1) is 12.4 Å². The van der Waals surface area contributed by atoms with E-state index in [1.165, 1.54) is 38.5 Å². The van der Waals surface area contributed by atoms with Gasteiger partial charge < -0.3 is 10.2 Å². The molecule has 0 aromatic heterocycles. The van der Waals surface area contributed by atoms with Crippen LogP contribution in [0.25, 0.3) is 0 Å². The first-order chi connectivity index (χ1) is 8.79. The summed E-state index contributed by atoms with van der Waals surface area (Å²) in [7, 11) is 1.99. The molecule has 1 saturated carbocycles. The smallest absolute Gasteiger partial charge is 0.222 e. The molecule has 1 heterocycles. The van der Waals surface area contributed by atoms with Crippen LogP contribution in [0.2, 0.25) is 0 Å². The molecule has 112 valence electrons. The summed E-state index contributed by atoms with van der Waals surface area (Å²) >= 11 is 0. The molecule has 1 N–H and O–H groups in total. The summed E-state index contributed by atoms with van der Waals surface area (Å²) in [4.78, 5) is 14.2. The minimum Gasteiger partial charge on any atom is -0.342 e. The summed E-state index contributed by atoms with van der Waals surface area (Å²) in [5.41, 5.74) is 0. The number of hydrogen-bond donors (Lipinski definition) is 1. The third-order valence-corrected chi connectivity index (χ3v) is 4.61. The molecule has 1 amide bonds. The van der Waals surface area contributed by atoms with Gasteiger partial charge in [0.2, 0.25) is 5.91 Å². The van der Waals surface area contributed by atoms with Gasteiger partial charge in [-0.05, 0) is 44.7 Å². The standard InChI is InChI=1S/C15H28N2O.ClH/c1-16-11-14-9-10-17(12-14)15(18)8-4-7-13-5-2-3-6-13;/h13-14,16H,2-12H2,1H3;1H. The first-order valence-electron chi connectivity index (χ1n) is 7.72. The summed E-state index contributed by atoms with van der Waals surface area (Å²) in [6, 6.07) is 0. The van der Waals surface area contributed by atoms with Crippen molar-refractivity contribution in [1.82, 2.24) is 10.2 Å². The summed E-state index contributed by atoms with van der Waals surface area (Å²) in [5.74, 6) is 1.99. The van der Waals surface area contributed by atoms with Gasteiger partial charge in [-0.2, -0.15) is 0 Å². The highest BCUT2D eigenvalue weighted by Crippen LogP contribution is 2.29. The maximum atomic E-state index is 12.1. The van der Waals surface area contributed by atoms with Gasteiger partial charge in [0.1, 0.15) is 0 Å². The lowest BCUT2D eigenvalue weighted by molar-refractivity contribution is -0.130. The Labute approximate surface area is 123 Å². The Kier molecular flexibility index (Phi) is 7.77. The monoisotopic (exact) mass is 288 g/mol. The first-order valence-corrected chi connectivity index (χ1v) is 7.72. The molecule has 1 unspecified atom stereocenters. The molecule has 19 heavy (non-hydrogen) atoms. The highest BCUT2D eigenvalue weighted by atomic mass is 35.5. The Bertz CT molecular complexity index is 267. The lowest BCUT2D eigenvalue weighted by Crippen LogP contribution is -2.30. The van der Waals surface area contributed by atoms with Crippen molar-refractivity contribution in [3.05, 3.63) is 0 Å². The second-order valence-electron chi connectivity index (χ2n) is 6.09. The van der Waals surface area contributed by atoms with E-state index >= 15 is 0 Å². The predicted octanol–water partition coefficient (Wildman–Crippen LogP) is 2.84. The van der Waals surface area contributed by atoms with E-state index in [1.54, 1.807) is 0 Å². The van der Waals surface area contributed by atoms with Crippen molar-refractivity contribution in [3.63, 3.8) is 0 Å². The van der Waals surface area contributed by atoms with Crippen molar-refractivity contribution in [3.8, 4) is 0 Å². The third-order valence-electron chi connectivity index (χ3n) is 4.61. The van der Waals surface area contributed by atoms with E-state index in [4.69, 9.17) is 0 Å². The topological polar surface area (TPSA) is 32.3 Å². The molecule has 2 aliphatic rings. The van der Waals surface area contributed by atoms with Crippen LogP contribution in [0.4, 0.5) is 0 Å². The van der Waals surface area contributed by atoms with Gasteiger partial charge in [0, 0.05) is 19.5 Å². The van der Waals surface area contributed by atoms with E-state index in [9.17, 15) is 4.79 Å². The van der Waals surface area contributed by atoms with Crippen LogP contribution in [0.3, 0.4) is 0 Å². The van der Waals surface area contributed by atoms with Crippen molar-refractivity contribution in [1.29, 1.82) is 0 Å². The third kappa shape index (κ3) is 5.31. The first kappa shape index (κ1) is 16.8. The van der Waals surface area contributed by atoms with Gasteiger partial charge in [0.25, 0.3) is 0 Å². The van der Waals surface area contributed by atoms with Crippen LogP contribution in [0.1, 0.15) is 51.4 Å². The molecule has 0 radical (unpaired) electrons. The molecule has 0 spiro atoms. The Morgan fingerprint density at radius 2 is 1.95 bits per heavy atom. The molecular weight excluding hydrogens is 260 g/mol. The van der Waals surface area contributed by atoms with Crippen LogP contribution in [-0.2, 0) is 4.79 Å². The molecule has 0 aromatic carbocycles. The maximum absolute atomic E-state index is 12.1. The van der Waals surface area contributed by atoms with E-state index < -0.39 is 0 Å². The number of carbonyl (C=O) groups excluding carboxylic acids is 1. The fraction of sp³-hybridized carbons (Fsp3) is 0.933. The molecule has 3 nitrogen and oxygen atoms in total. The molecule has 4 heteroatoms. The summed E-state index contributed by atoms with van der Waals surface area (Å²) in [6.45, 7) is 3.00. The van der Waals surface area contributed by atoms with Crippen LogP contribution < -0.4 is 5.32 Å². The van der Waals surface area contributed by atoms with Crippen molar-refractivity contribution >= 4 is 18.3 Å². The van der Waals surface area contributed by atoms with Crippen LogP contribution in [0, 0.1) is 11.8 Å². The van der Waals surface area contributed by atoms with Crippen molar-refractivity contribution < 1.29 is 4.79 Å². The van der Waals surface area contributed by atoms with E-state index in [1.807, 2.05) is 7.05 Å². The molecule has 1 atom stereocenters. The zero-order chi connectivity index (χ0) is 12.8. The number of nitrogens with zero attached hydrogens (tertiary/aromatic N) is 1. The summed E-state index contributed by atoms with van der Waals surface area (Å²) in [6.07, 6.45) is 9.98. The Morgan fingerprint density at radius 3 is 2.63 bits per heavy atom. The number of nitrogens with one attached hydrogen (secondary N) is 1. The molecule has 2 rings (SSSR count). The van der Waals surface area contributed by atoms with E-state index in [0.717, 1.165) is 38.4 Å². The number of halogens is 1. The van der Waals surface area contributed by atoms with Gasteiger partial charge in [-0.25, -0.2) is 0 Å². The average Bonchev–Trinajstić information content (AvgIpc) is 3.00. The molecule has 0 aromatic rings. The predicted molar refractivity (Wildman–Crippen MR) is 81.7 cm³/mol. The minimum atomic E-state index is 0. The molecular formula is C15H29ClN2O. The minimum absolute atomic E-state index is 0. The molecule has 1 aliphatic carbocycles. The van der Waals surface area contributed by atoms with Gasteiger partial charge in [0.15, 0.2) is 0 Å². The summed E-state index contributed by atoms with van der Waals surface area (Å²) < 4.78 is 0. The van der Waals surface area contributed by atoms with Crippen LogP contribution in [0.15, 0.2) is 0 Å². The highest BCUT2D eigenvalue weighted by Gasteiger charge is 2.25. The fourth-order valence-corrected chi connectivity index (χ4v) is 3.51. The van der Waals surface area contributed by atoms with E-state index in [2.05, 4.69) is 10.2 Å². The largest absolute Gasteiger partial charge is 0.342 e. The number of carbonyl (C=O) groups is 1. The van der Waals surface area contributed by atoms with Gasteiger partial charge in [0.05, 0.1) is 0 Å².